The van der Waals surface area contributed by atoms with Crippen molar-refractivity contribution in [1.29, 1.82) is 0 Å². The molecule has 0 amide bonds. The molecule has 1 aliphatic rings. The predicted octanol–water partition coefficient (Wildman–Crippen LogP) is -3.33. The maximum Gasteiger partial charge on any atom is 1.00 e. The molecule has 17 heavy (non-hydrogen) atoms. The van der Waals surface area contributed by atoms with Crippen molar-refractivity contribution in [3.8, 4) is 5.88 Å². The van der Waals surface area contributed by atoms with Gasteiger partial charge in [-0.2, -0.15) is 0 Å². The van der Waals surface area contributed by atoms with E-state index in [2.05, 4.69) is 9.88 Å². The van der Waals surface area contributed by atoms with Crippen molar-refractivity contribution in [1.82, 2.24) is 4.98 Å². The number of carboxylic acid groups (broad SMARTS) is 1. The number of pyridine rings is 1. The van der Waals surface area contributed by atoms with Crippen LogP contribution in [0.1, 0.15) is 6.42 Å². The van der Waals surface area contributed by atoms with Crippen molar-refractivity contribution in [2.45, 2.75) is 6.42 Å². The van der Waals surface area contributed by atoms with Crippen LogP contribution in [0.4, 0.5) is 5.69 Å². The number of carbonyl (C=O) groups is 1. The number of nitrogens with zero attached hydrogens (tertiary/aromatic N) is 2. The minimum atomic E-state index is -0.975. The molecule has 0 unspecified atom stereocenters. The van der Waals surface area contributed by atoms with Crippen molar-refractivity contribution < 1.29 is 33.5 Å². The van der Waals surface area contributed by atoms with Gasteiger partial charge >= 0.3 is 18.9 Å². The second-order valence-electron chi connectivity index (χ2n) is 3.90. The average molecular weight is 228 g/mol. The summed E-state index contributed by atoms with van der Waals surface area (Å²) in [6, 6.07) is 3.73. The molecule has 0 spiro atoms. The Morgan fingerprint density at radius 2 is 2.35 bits per heavy atom. The number of anilines is 1. The zero-order valence-corrected chi connectivity index (χ0v) is 10.0. The van der Waals surface area contributed by atoms with Crippen molar-refractivity contribution in [3.05, 3.63) is 18.3 Å². The zero-order valence-electron chi connectivity index (χ0n) is 10.0. The van der Waals surface area contributed by atoms with Gasteiger partial charge in [-0.1, -0.05) is 0 Å². The third-order valence-electron chi connectivity index (χ3n) is 2.71. The molecule has 1 aliphatic heterocycles. The van der Waals surface area contributed by atoms with Gasteiger partial charge in [0.1, 0.15) is 0 Å². The minimum Gasteiger partial charge on any atom is -0.550 e. The Morgan fingerprint density at radius 3 is 2.94 bits per heavy atom. The van der Waals surface area contributed by atoms with Gasteiger partial charge in [0.2, 0.25) is 5.88 Å². The first-order chi connectivity index (χ1) is 7.69. The molecule has 1 aromatic rings. The molecule has 0 atom stereocenters. The molecule has 1 aromatic heterocycles. The SMILES string of the molecule is COc1cc(N2CC(CC(=O)[O-])C2)ccn1.[Li+]. The first kappa shape index (κ1) is 13.9. The Balaban J connectivity index is 0.00000144. The number of aliphatic carboxylic acids is 1. The van der Waals surface area contributed by atoms with Gasteiger partial charge in [-0.25, -0.2) is 4.98 Å². The van der Waals surface area contributed by atoms with Crippen LogP contribution in [0.2, 0.25) is 0 Å². The van der Waals surface area contributed by atoms with Crippen LogP contribution < -0.4 is 33.6 Å². The van der Waals surface area contributed by atoms with E-state index in [9.17, 15) is 9.90 Å². The van der Waals surface area contributed by atoms with Crippen LogP contribution in [0.15, 0.2) is 18.3 Å². The minimum absolute atomic E-state index is 0. The second-order valence-corrected chi connectivity index (χ2v) is 3.90. The summed E-state index contributed by atoms with van der Waals surface area (Å²) >= 11 is 0. The van der Waals surface area contributed by atoms with Gasteiger partial charge in [-0.3, -0.25) is 0 Å². The van der Waals surface area contributed by atoms with E-state index in [4.69, 9.17) is 4.74 Å². The van der Waals surface area contributed by atoms with E-state index in [1.54, 1.807) is 13.3 Å². The van der Waals surface area contributed by atoms with Crippen LogP contribution in [0.3, 0.4) is 0 Å². The predicted molar refractivity (Wildman–Crippen MR) is 56.1 cm³/mol. The summed E-state index contributed by atoms with van der Waals surface area (Å²) in [5, 5.41) is 10.4. The van der Waals surface area contributed by atoms with Crippen molar-refractivity contribution in [2.75, 3.05) is 25.1 Å². The largest absolute Gasteiger partial charge is 1.00 e. The Labute approximate surface area is 112 Å². The third kappa shape index (κ3) is 3.38. The number of hydrogen-bond donors (Lipinski definition) is 0. The molecule has 0 N–H and O–H groups in total. The van der Waals surface area contributed by atoms with Crippen molar-refractivity contribution >= 4 is 11.7 Å². The molecule has 0 aliphatic carbocycles. The standard InChI is InChI=1S/C11H14N2O3.Li/c1-16-10-5-9(2-3-12-10)13-6-8(7-13)4-11(14)15;/h2-3,5,8H,4,6-7H2,1H3,(H,14,15);/q;+1/p-1. The second kappa shape index (κ2) is 5.94. The molecule has 0 aromatic carbocycles. The number of carboxylic acids is 1. The van der Waals surface area contributed by atoms with Crippen LogP contribution in [0.25, 0.3) is 0 Å². The fourth-order valence-corrected chi connectivity index (χ4v) is 1.85. The topological polar surface area (TPSA) is 65.5 Å². The Kier molecular flexibility index (Phi) is 4.85. The number of carbonyl (C=O) groups excluding carboxylic acids is 1. The smallest absolute Gasteiger partial charge is 0.550 e. The van der Waals surface area contributed by atoms with Crippen molar-refractivity contribution in [3.63, 3.8) is 0 Å². The molecule has 0 radical (unpaired) electrons. The molecule has 1 saturated heterocycles. The van der Waals surface area contributed by atoms with E-state index < -0.39 is 5.97 Å². The molecular weight excluding hydrogens is 215 g/mol. The summed E-state index contributed by atoms with van der Waals surface area (Å²) in [4.78, 5) is 16.5. The third-order valence-corrected chi connectivity index (χ3v) is 2.71. The van der Waals surface area contributed by atoms with Crippen LogP contribution in [-0.2, 0) is 4.79 Å². The fraction of sp³-hybridized carbons (Fsp3) is 0.455. The van der Waals surface area contributed by atoms with E-state index in [1.165, 1.54) is 0 Å². The maximum absolute atomic E-state index is 10.4. The molecule has 6 heteroatoms. The van der Waals surface area contributed by atoms with Gasteiger partial charge in [-0.05, 0) is 18.4 Å². The summed E-state index contributed by atoms with van der Waals surface area (Å²) < 4.78 is 5.02. The number of methoxy groups -OCH3 is 1. The number of ether oxygens (including phenoxy) is 1. The van der Waals surface area contributed by atoms with Gasteiger partial charge in [0.05, 0.1) is 7.11 Å². The molecule has 2 rings (SSSR count). The first-order valence-corrected chi connectivity index (χ1v) is 5.14. The quantitative estimate of drug-likeness (QED) is 0.504. The Morgan fingerprint density at radius 1 is 1.65 bits per heavy atom. The van der Waals surface area contributed by atoms with Crippen LogP contribution in [0, 0.1) is 5.92 Å². The summed E-state index contributed by atoms with van der Waals surface area (Å²) in [5.74, 6) is -0.207. The van der Waals surface area contributed by atoms with E-state index >= 15 is 0 Å². The normalized spacial score (nSPS) is 14.8. The fourth-order valence-electron chi connectivity index (χ4n) is 1.85. The number of hydrogen-bond acceptors (Lipinski definition) is 5. The van der Waals surface area contributed by atoms with Crippen LogP contribution >= 0.6 is 0 Å². The monoisotopic (exact) mass is 228 g/mol. The van der Waals surface area contributed by atoms with Gasteiger partial charge < -0.3 is 19.5 Å². The van der Waals surface area contributed by atoms with Gasteiger partial charge in [-0.15, -0.1) is 0 Å². The maximum atomic E-state index is 10.4. The van der Waals surface area contributed by atoms with E-state index in [0.717, 1.165) is 18.8 Å². The summed E-state index contributed by atoms with van der Waals surface area (Å²) in [6.45, 7) is 1.50. The molecule has 0 bridgehead atoms. The van der Waals surface area contributed by atoms with E-state index in [0.29, 0.717) is 5.88 Å². The Bertz CT molecular complexity index is 394. The van der Waals surface area contributed by atoms with Gasteiger partial charge in [0.25, 0.3) is 0 Å². The van der Waals surface area contributed by atoms with Gasteiger partial charge in [0, 0.05) is 37.0 Å². The number of aromatic nitrogens is 1. The summed E-state index contributed by atoms with van der Waals surface area (Å²) in [6.07, 6.45) is 1.82. The van der Waals surface area contributed by atoms with Crippen LogP contribution in [-0.4, -0.2) is 31.2 Å². The summed E-state index contributed by atoms with van der Waals surface area (Å²) in [5.41, 5.74) is 1.02. The molecular formula is C11H13LiN2O3. The molecule has 5 nitrogen and oxygen atoms in total. The van der Waals surface area contributed by atoms with E-state index in [-0.39, 0.29) is 31.2 Å². The van der Waals surface area contributed by atoms with E-state index in [1.807, 2.05) is 12.1 Å². The van der Waals surface area contributed by atoms with Crippen molar-refractivity contribution in [2.24, 2.45) is 5.92 Å². The number of rotatable bonds is 4. The first-order valence-electron chi connectivity index (χ1n) is 5.14. The average Bonchev–Trinajstić information content (AvgIpc) is 2.22. The molecule has 0 saturated carbocycles. The summed E-state index contributed by atoms with van der Waals surface area (Å²) in [7, 11) is 1.57. The zero-order chi connectivity index (χ0) is 11.5. The molecule has 2 heterocycles. The molecule has 1 fully saturated rings. The molecule has 86 valence electrons. The Hall–Kier alpha value is -1.18. The van der Waals surface area contributed by atoms with Crippen LogP contribution in [0.5, 0.6) is 5.88 Å². The van der Waals surface area contributed by atoms with Gasteiger partial charge in [0.15, 0.2) is 0 Å².